The molecule has 1 aromatic rings. The molecule has 3 rings (SSSR count). The van der Waals surface area contributed by atoms with E-state index < -0.39 is 27.9 Å². The number of halogens is 2. The largest absolute Gasteiger partial charge is 0.299 e. The van der Waals surface area contributed by atoms with Crippen molar-refractivity contribution < 1.29 is 17.2 Å². The fourth-order valence-electron chi connectivity index (χ4n) is 3.38. The molecular formula is C15H22F2N4O3S. The van der Waals surface area contributed by atoms with Crippen molar-refractivity contribution in [3.05, 3.63) is 28.4 Å². The number of hydrogen-bond acceptors (Lipinski definition) is 4. The highest BCUT2D eigenvalue weighted by atomic mass is 32.2. The summed E-state index contributed by atoms with van der Waals surface area (Å²) in [5.41, 5.74) is -1.02. The average molecular weight is 376 g/mol. The summed E-state index contributed by atoms with van der Waals surface area (Å²) in [6.07, 6.45) is 1.46. The first kappa shape index (κ1) is 18.4. The van der Waals surface area contributed by atoms with Gasteiger partial charge in [-0.1, -0.05) is 0 Å². The molecule has 0 atom stereocenters. The van der Waals surface area contributed by atoms with Crippen LogP contribution >= 0.6 is 0 Å². The lowest BCUT2D eigenvalue weighted by atomic mass is 9.98. The normalized spacial score (nSPS) is 21.2. The van der Waals surface area contributed by atoms with E-state index in [1.54, 1.807) is 0 Å². The number of rotatable bonds is 5. The van der Waals surface area contributed by atoms with Crippen molar-refractivity contribution >= 4 is 10.2 Å². The van der Waals surface area contributed by atoms with Crippen molar-refractivity contribution in [1.29, 1.82) is 0 Å². The average Bonchev–Trinajstić information content (AvgIpc) is 3.12. The predicted molar refractivity (Wildman–Crippen MR) is 87.5 cm³/mol. The van der Waals surface area contributed by atoms with Crippen LogP contribution in [0.5, 0.6) is 0 Å². The fourth-order valence-corrected chi connectivity index (χ4v) is 5.10. The maximum atomic E-state index is 12.5. The Morgan fingerprint density at radius 1 is 1.12 bits per heavy atom. The lowest BCUT2D eigenvalue weighted by Gasteiger charge is -2.33. The van der Waals surface area contributed by atoms with E-state index in [1.807, 2.05) is 0 Å². The Kier molecular flexibility index (Phi) is 5.49. The zero-order valence-corrected chi connectivity index (χ0v) is 14.7. The molecule has 0 spiro atoms. The molecule has 3 heterocycles. The van der Waals surface area contributed by atoms with Crippen LogP contribution in [0.3, 0.4) is 0 Å². The minimum absolute atomic E-state index is 0.127. The highest BCUT2D eigenvalue weighted by Gasteiger charge is 2.34. The fraction of sp³-hybridized carbons (Fsp3) is 0.733. The second-order valence-electron chi connectivity index (χ2n) is 6.56. The standard InChI is InChI=1S/C15H22F2N4O3S/c16-15(17)13-9-14(22)19(11-18-13)10-12-3-7-21(8-4-12)25(23,24)20-5-1-2-6-20/h9,11-12,15H,1-8,10H2. The predicted octanol–water partition coefficient (Wildman–Crippen LogP) is 1.23. The first-order valence-corrected chi connectivity index (χ1v) is 9.87. The number of hydrogen-bond donors (Lipinski definition) is 0. The maximum Gasteiger partial charge on any atom is 0.281 e. The van der Waals surface area contributed by atoms with Crippen LogP contribution in [0.4, 0.5) is 8.78 Å². The van der Waals surface area contributed by atoms with E-state index in [1.165, 1.54) is 13.2 Å². The van der Waals surface area contributed by atoms with Crippen molar-refractivity contribution in [2.45, 2.75) is 38.7 Å². The molecule has 0 radical (unpaired) electrons. The Morgan fingerprint density at radius 3 is 2.28 bits per heavy atom. The van der Waals surface area contributed by atoms with E-state index in [2.05, 4.69) is 4.98 Å². The molecule has 2 fully saturated rings. The molecule has 140 valence electrons. The van der Waals surface area contributed by atoms with Crippen LogP contribution in [0.1, 0.15) is 37.8 Å². The smallest absolute Gasteiger partial charge is 0.281 e. The van der Waals surface area contributed by atoms with Crippen LogP contribution in [0.15, 0.2) is 17.2 Å². The Hall–Kier alpha value is -1.39. The van der Waals surface area contributed by atoms with Gasteiger partial charge in [0.15, 0.2) is 0 Å². The number of aromatic nitrogens is 2. The number of nitrogens with zero attached hydrogens (tertiary/aromatic N) is 4. The Balaban J connectivity index is 1.59. The molecule has 2 saturated heterocycles. The second kappa shape index (κ2) is 7.46. The molecule has 0 saturated carbocycles. The summed E-state index contributed by atoms with van der Waals surface area (Å²) in [7, 11) is -3.38. The molecule has 0 amide bonds. The van der Waals surface area contributed by atoms with Crippen molar-refractivity contribution in [2.24, 2.45) is 5.92 Å². The van der Waals surface area contributed by atoms with Crippen LogP contribution in [0, 0.1) is 5.92 Å². The molecule has 1 aromatic heterocycles. The Bertz CT molecular complexity index is 754. The Labute approximate surface area is 145 Å². The van der Waals surface area contributed by atoms with E-state index in [4.69, 9.17) is 0 Å². The highest BCUT2D eigenvalue weighted by Crippen LogP contribution is 2.24. The van der Waals surface area contributed by atoms with E-state index in [-0.39, 0.29) is 5.92 Å². The summed E-state index contributed by atoms with van der Waals surface area (Å²) in [6, 6.07) is 0.859. The molecule has 10 heteroatoms. The van der Waals surface area contributed by atoms with Gasteiger partial charge < -0.3 is 0 Å². The van der Waals surface area contributed by atoms with Gasteiger partial charge in [0.05, 0.1) is 6.33 Å². The molecule has 0 aliphatic carbocycles. The van der Waals surface area contributed by atoms with Gasteiger partial charge in [-0.05, 0) is 31.6 Å². The minimum Gasteiger partial charge on any atom is -0.299 e. The van der Waals surface area contributed by atoms with Crippen LogP contribution in [0.2, 0.25) is 0 Å². The quantitative estimate of drug-likeness (QED) is 0.775. The minimum atomic E-state index is -3.38. The molecule has 25 heavy (non-hydrogen) atoms. The van der Waals surface area contributed by atoms with Gasteiger partial charge in [0.1, 0.15) is 5.69 Å². The molecule has 7 nitrogen and oxygen atoms in total. The van der Waals surface area contributed by atoms with Gasteiger partial charge in [-0.25, -0.2) is 13.8 Å². The van der Waals surface area contributed by atoms with Crippen molar-refractivity contribution in [2.75, 3.05) is 26.2 Å². The summed E-state index contributed by atoms with van der Waals surface area (Å²) in [5.74, 6) is 0.127. The molecule has 0 aromatic carbocycles. The zero-order chi connectivity index (χ0) is 18.0. The third kappa shape index (κ3) is 4.06. The van der Waals surface area contributed by atoms with Gasteiger partial charge in [0, 0.05) is 38.8 Å². The summed E-state index contributed by atoms with van der Waals surface area (Å²) in [5, 5.41) is 0. The van der Waals surface area contributed by atoms with E-state index in [9.17, 15) is 22.0 Å². The van der Waals surface area contributed by atoms with Crippen LogP contribution in [-0.4, -0.2) is 52.8 Å². The van der Waals surface area contributed by atoms with Gasteiger partial charge in [-0.3, -0.25) is 9.36 Å². The maximum absolute atomic E-state index is 12.5. The van der Waals surface area contributed by atoms with Crippen molar-refractivity contribution in [1.82, 2.24) is 18.2 Å². The van der Waals surface area contributed by atoms with E-state index in [0.29, 0.717) is 45.6 Å². The first-order chi connectivity index (χ1) is 11.9. The topological polar surface area (TPSA) is 75.5 Å². The summed E-state index contributed by atoms with van der Waals surface area (Å²) < 4.78 is 54.5. The van der Waals surface area contributed by atoms with Gasteiger partial charge in [-0.15, -0.1) is 0 Å². The van der Waals surface area contributed by atoms with E-state index in [0.717, 1.165) is 25.2 Å². The molecule has 2 aliphatic rings. The van der Waals surface area contributed by atoms with Gasteiger partial charge in [0.2, 0.25) is 0 Å². The van der Waals surface area contributed by atoms with Crippen LogP contribution < -0.4 is 5.56 Å². The lowest BCUT2D eigenvalue weighted by Crippen LogP contribution is -2.46. The first-order valence-electron chi connectivity index (χ1n) is 8.47. The molecule has 0 bridgehead atoms. The van der Waals surface area contributed by atoms with Gasteiger partial charge in [0.25, 0.3) is 22.2 Å². The molecule has 0 unspecified atom stereocenters. The third-order valence-electron chi connectivity index (χ3n) is 4.87. The summed E-state index contributed by atoms with van der Waals surface area (Å²) in [4.78, 5) is 15.5. The molecule has 0 N–H and O–H groups in total. The zero-order valence-electron chi connectivity index (χ0n) is 13.9. The number of alkyl halides is 2. The van der Waals surface area contributed by atoms with Crippen molar-refractivity contribution in [3.63, 3.8) is 0 Å². The molecular weight excluding hydrogens is 354 g/mol. The summed E-state index contributed by atoms with van der Waals surface area (Å²) >= 11 is 0. The third-order valence-corrected chi connectivity index (χ3v) is 6.91. The van der Waals surface area contributed by atoms with Gasteiger partial charge in [-0.2, -0.15) is 17.0 Å². The van der Waals surface area contributed by atoms with E-state index >= 15 is 0 Å². The highest BCUT2D eigenvalue weighted by molar-refractivity contribution is 7.86. The monoisotopic (exact) mass is 376 g/mol. The SMILES string of the molecule is O=c1cc(C(F)F)ncn1CC1CCN(S(=O)(=O)N2CCCC2)CC1. The van der Waals surface area contributed by atoms with Gasteiger partial charge >= 0.3 is 0 Å². The van der Waals surface area contributed by atoms with Crippen molar-refractivity contribution in [3.8, 4) is 0 Å². The molecule has 2 aliphatic heterocycles. The summed E-state index contributed by atoms with van der Waals surface area (Å²) in [6.45, 7) is 2.37. The Morgan fingerprint density at radius 2 is 1.72 bits per heavy atom. The second-order valence-corrected chi connectivity index (χ2v) is 8.49. The van der Waals surface area contributed by atoms with Crippen LogP contribution in [-0.2, 0) is 16.8 Å². The van der Waals surface area contributed by atoms with Crippen LogP contribution in [0.25, 0.3) is 0 Å². The number of piperidine rings is 1. The lowest BCUT2D eigenvalue weighted by molar-refractivity contribution is 0.145.